The van der Waals surface area contributed by atoms with Crippen LogP contribution in [0.15, 0.2) is 34.4 Å². The fraction of sp³-hybridized carbons (Fsp3) is 0.480. The van der Waals surface area contributed by atoms with Gasteiger partial charge >= 0.3 is 0 Å². The lowest BCUT2D eigenvalue weighted by Gasteiger charge is -2.17. The van der Waals surface area contributed by atoms with E-state index in [9.17, 15) is 4.39 Å². The van der Waals surface area contributed by atoms with Crippen molar-refractivity contribution >= 4 is 35.9 Å². The third-order valence-corrected chi connectivity index (χ3v) is 7.18. The monoisotopic (exact) mass is 438 g/mol. The van der Waals surface area contributed by atoms with Gasteiger partial charge in [0.25, 0.3) is 0 Å². The van der Waals surface area contributed by atoms with E-state index < -0.39 is 5.67 Å². The standard InChI is InChI=1S/C25H31FN4S/c1-17-22(15-27-14-19-7-6-11-25(3,26)12-10-19)18(2)29-24(28-17)31-16-21-13-20-8-4-5-9-23(20)30-21/h4-5,8-9,15,19,27H,1,6-7,10-14,16H2,2-3H3. The molecule has 164 valence electrons. The largest absolute Gasteiger partial charge is 0.390 e. The minimum Gasteiger partial charge on any atom is -0.390 e. The van der Waals surface area contributed by atoms with Gasteiger partial charge in [0.15, 0.2) is 5.16 Å². The van der Waals surface area contributed by atoms with Crippen LogP contribution in [0.5, 0.6) is 0 Å². The predicted octanol–water partition coefficient (Wildman–Crippen LogP) is 4.25. The molecule has 31 heavy (non-hydrogen) atoms. The Morgan fingerprint density at radius 3 is 2.90 bits per heavy atom. The summed E-state index contributed by atoms with van der Waals surface area (Å²) in [6, 6.07) is 8.28. The van der Waals surface area contributed by atoms with Crippen LogP contribution in [-0.2, 0) is 6.42 Å². The van der Waals surface area contributed by atoms with Crippen LogP contribution in [0.1, 0.15) is 50.3 Å². The SMILES string of the molecule is C=c1nc(SCC2=Nc3ccccc3C2)nc(C)c1=CNCC1CCCC(C)(F)CC1. The van der Waals surface area contributed by atoms with Crippen molar-refractivity contribution in [1.82, 2.24) is 15.3 Å². The molecule has 1 N–H and O–H groups in total. The Morgan fingerprint density at radius 2 is 2.10 bits per heavy atom. The molecule has 2 atom stereocenters. The molecule has 4 nitrogen and oxygen atoms in total. The summed E-state index contributed by atoms with van der Waals surface area (Å²) >= 11 is 1.61. The number of aliphatic imine (C=N–C) groups is 1. The van der Waals surface area contributed by atoms with Crippen molar-refractivity contribution in [2.45, 2.75) is 63.2 Å². The number of nitrogens with zero attached hydrogens (tertiary/aromatic N) is 3. The molecular formula is C25H31FN4S. The third-order valence-electron chi connectivity index (χ3n) is 6.26. The highest BCUT2D eigenvalue weighted by Gasteiger charge is 2.27. The molecular weight excluding hydrogens is 407 g/mol. The summed E-state index contributed by atoms with van der Waals surface area (Å²) in [6.45, 7) is 8.73. The van der Waals surface area contributed by atoms with Crippen molar-refractivity contribution in [1.29, 1.82) is 0 Å². The van der Waals surface area contributed by atoms with E-state index in [1.165, 1.54) is 5.56 Å². The summed E-state index contributed by atoms with van der Waals surface area (Å²) in [5, 5.41) is 5.84. The van der Waals surface area contributed by atoms with E-state index in [1.54, 1.807) is 18.7 Å². The maximum atomic E-state index is 14.2. The number of alkyl halides is 1. The minimum absolute atomic E-state index is 0.509. The molecule has 2 aromatic rings. The van der Waals surface area contributed by atoms with Crippen LogP contribution < -0.4 is 15.9 Å². The van der Waals surface area contributed by atoms with Gasteiger partial charge in [-0.1, -0.05) is 36.5 Å². The molecule has 0 amide bonds. The summed E-state index contributed by atoms with van der Waals surface area (Å²) in [7, 11) is 0. The van der Waals surface area contributed by atoms with Gasteiger partial charge in [-0.3, -0.25) is 4.99 Å². The molecule has 1 aromatic carbocycles. The second-order valence-electron chi connectivity index (χ2n) is 8.99. The first-order chi connectivity index (χ1) is 14.9. The van der Waals surface area contributed by atoms with Gasteiger partial charge in [-0.15, -0.1) is 0 Å². The number of aryl methyl sites for hydroxylation is 1. The number of nitrogens with one attached hydrogen (secondary N) is 1. The summed E-state index contributed by atoms with van der Waals surface area (Å²) in [4.78, 5) is 14.0. The zero-order valence-corrected chi connectivity index (χ0v) is 19.3. The molecule has 1 aliphatic heterocycles. The maximum absolute atomic E-state index is 14.2. The Kier molecular flexibility index (Phi) is 6.75. The lowest BCUT2D eigenvalue weighted by atomic mass is 9.97. The lowest BCUT2D eigenvalue weighted by Crippen LogP contribution is -2.34. The molecule has 1 aliphatic carbocycles. The highest BCUT2D eigenvalue weighted by atomic mass is 32.2. The molecule has 2 heterocycles. The summed E-state index contributed by atoms with van der Waals surface area (Å²) in [5.74, 6) is 1.29. The maximum Gasteiger partial charge on any atom is 0.188 e. The molecule has 2 unspecified atom stereocenters. The topological polar surface area (TPSA) is 50.2 Å². The number of thioether (sulfide) groups is 1. The molecule has 0 radical (unpaired) electrons. The minimum atomic E-state index is -0.996. The van der Waals surface area contributed by atoms with Crippen molar-refractivity contribution in [2.24, 2.45) is 10.9 Å². The quantitative estimate of drug-likeness (QED) is 0.416. The molecule has 6 heteroatoms. The first-order valence-corrected chi connectivity index (χ1v) is 12.1. The number of halogens is 1. The van der Waals surface area contributed by atoms with Gasteiger partial charge in [-0.2, -0.15) is 0 Å². The number of fused-ring (bicyclic) bond motifs is 1. The van der Waals surface area contributed by atoms with E-state index >= 15 is 0 Å². The number of hydrogen-bond donors (Lipinski definition) is 1. The zero-order chi connectivity index (χ0) is 21.8. The van der Waals surface area contributed by atoms with Crippen molar-refractivity contribution in [3.63, 3.8) is 0 Å². The fourth-order valence-electron chi connectivity index (χ4n) is 4.36. The van der Waals surface area contributed by atoms with Crippen molar-refractivity contribution < 1.29 is 4.39 Å². The van der Waals surface area contributed by atoms with Crippen LogP contribution in [0.3, 0.4) is 0 Å². The summed E-state index contributed by atoms with van der Waals surface area (Å²) < 4.78 is 14.2. The Balaban J connectivity index is 1.34. The van der Waals surface area contributed by atoms with Gasteiger partial charge in [-0.05, 0) is 63.5 Å². The van der Waals surface area contributed by atoms with E-state index in [0.29, 0.717) is 18.8 Å². The molecule has 0 saturated heterocycles. The lowest BCUT2D eigenvalue weighted by molar-refractivity contribution is 0.163. The fourth-order valence-corrected chi connectivity index (χ4v) is 5.20. The van der Waals surface area contributed by atoms with E-state index in [-0.39, 0.29) is 0 Å². The Labute approximate surface area is 188 Å². The Morgan fingerprint density at radius 1 is 1.26 bits per heavy atom. The zero-order valence-electron chi connectivity index (χ0n) is 18.5. The van der Waals surface area contributed by atoms with Crippen LogP contribution in [-0.4, -0.2) is 33.6 Å². The van der Waals surface area contributed by atoms with Gasteiger partial charge in [0, 0.05) is 35.8 Å². The van der Waals surface area contributed by atoms with Crippen molar-refractivity contribution in [2.75, 3.05) is 12.3 Å². The average molecular weight is 439 g/mol. The molecule has 1 saturated carbocycles. The molecule has 1 aromatic heterocycles. The van der Waals surface area contributed by atoms with E-state index in [1.807, 2.05) is 19.2 Å². The first-order valence-electron chi connectivity index (χ1n) is 11.1. The van der Waals surface area contributed by atoms with Gasteiger partial charge in [-0.25, -0.2) is 14.4 Å². The Hall–Kier alpha value is -2.21. The van der Waals surface area contributed by atoms with Crippen molar-refractivity contribution in [3.8, 4) is 0 Å². The molecule has 0 spiro atoms. The van der Waals surface area contributed by atoms with Gasteiger partial charge in [0.1, 0.15) is 5.67 Å². The highest BCUT2D eigenvalue weighted by molar-refractivity contribution is 7.99. The van der Waals surface area contributed by atoms with Gasteiger partial charge in [0.05, 0.1) is 16.7 Å². The molecule has 0 bridgehead atoms. The number of aromatic nitrogens is 2. The molecule has 1 fully saturated rings. The van der Waals surface area contributed by atoms with E-state index in [0.717, 1.165) is 70.8 Å². The van der Waals surface area contributed by atoms with E-state index in [2.05, 4.69) is 40.1 Å². The number of benzene rings is 1. The highest BCUT2D eigenvalue weighted by Crippen LogP contribution is 2.32. The number of para-hydroxylation sites is 1. The third kappa shape index (κ3) is 5.73. The van der Waals surface area contributed by atoms with Crippen LogP contribution in [0.25, 0.3) is 12.8 Å². The summed E-state index contributed by atoms with van der Waals surface area (Å²) in [5.41, 5.74) is 3.44. The van der Waals surface area contributed by atoms with Crippen LogP contribution in [0.4, 0.5) is 10.1 Å². The van der Waals surface area contributed by atoms with E-state index in [4.69, 9.17) is 4.99 Å². The molecule has 2 aliphatic rings. The van der Waals surface area contributed by atoms with Crippen LogP contribution in [0.2, 0.25) is 0 Å². The van der Waals surface area contributed by atoms with Gasteiger partial charge in [0.2, 0.25) is 0 Å². The van der Waals surface area contributed by atoms with Crippen LogP contribution in [0, 0.1) is 12.8 Å². The molecule has 4 rings (SSSR count). The van der Waals surface area contributed by atoms with Gasteiger partial charge < -0.3 is 5.32 Å². The number of hydrogen-bond acceptors (Lipinski definition) is 5. The second-order valence-corrected chi connectivity index (χ2v) is 9.93. The normalized spacial score (nSPS) is 23.9. The smallest absolute Gasteiger partial charge is 0.188 e. The second kappa shape index (κ2) is 9.51. The summed E-state index contributed by atoms with van der Waals surface area (Å²) in [6.07, 6.45) is 7.19. The van der Waals surface area contributed by atoms with Crippen molar-refractivity contribution in [3.05, 3.63) is 46.1 Å². The van der Waals surface area contributed by atoms with Crippen LogP contribution >= 0.6 is 11.8 Å². The number of rotatable bonds is 6. The average Bonchev–Trinajstić information content (AvgIpc) is 3.06. The first kappa shape index (κ1) is 22.0. The Bertz CT molecular complexity index is 1080. The predicted molar refractivity (Wildman–Crippen MR) is 128 cm³/mol.